The van der Waals surface area contributed by atoms with Gasteiger partial charge in [0.25, 0.3) is 0 Å². The molecular weight excluding hydrogens is 392 g/mol. The van der Waals surface area contributed by atoms with Gasteiger partial charge in [-0.2, -0.15) is 5.10 Å². The SMILES string of the molecule is O=C(CCn1cc(Br)cn1)N1CCN(Cc2ccc(Cl)cc2)CC1. The Balaban J connectivity index is 1.42. The summed E-state index contributed by atoms with van der Waals surface area (Å²) in [6, 6.07) is 7.96. The second-order valence-electron chi connectivity index (χ2n) is 5.96. The maximum Gasteiger partial charge on any atom is 0.224 e. The van der Waals surface area contributed by atoms with Gasteiger partial charge in [0, 0.05) is 56.9 Å². The minimum Gasteiger partial charge on any atom is -0.340 e. The molecule has 1 aliphatic rings. The molecule has 0 spiro atoms. The Kier molecular flexibility index (Phi) is 5.92. The van der Waals surface area contributed by atoms with Gasteiger partial charge in [-0.25, -0.2) is 0 Å². The summed E-state index contributed by atoms with van der Waals surface area (Å²) < 4.78 is 2.73. The monoisotopic (exact) mass is 410 g/mol. The Hall–Kier alpha value is -1.37. The van der Waals surface area contributed by atoms with Crippen LogP contribution < -0.4 is 0 Å². The fourth-order valence-corrected chi connectivity index (χ4v) is 3.29. The summed E-state index contributed by atoms with van der Waals surface area (Å²) in [5.74, 6) is 0.202. The maximum absolute atomic E-state index is 12.3. The predicted octanol–water partition coefficient (Wildman–Crippen LogP) is 3.03. The van der Waals surface area contributed by atoms with Crippen molar-refractivity contribution in [3.63, 3.8) is 0 Å². The number of carbonyl (C=O) groups is 1. The lowest BCUT2D eigenvalue weighted by Gasteiger charge is -2.34. The van der Waals surface area contributed by atoms with Crippen LogP contribution >= 0.6 is 27.5 Å². The first-order chi connectivity index (χ1) is 11.6. The van der Waals surface area contributed by atoms with Crippen molar-refractivity contribution in [3.05, 3.63) is 51.7 Å². The van der Waals surface area contributed by atoms with Crippen LogP contribution in [-0.4, -0.2) is 51.7 Å². The topological polar surface area (TPSA) is 41.4 Å². The van der Waals surface area contributed by atoms with Crippen LogP contribution in [0.4, 0.5) is 0 Å². The summed E-state index contributed by atoms with van der Waals surface area (Å²) in [6.07, 6.45) is 4.11. The number of hydrogen-bond acceptors (Lipinski definition) is 3. The van der Waals surface area contributed by atoms with Crippen molar-refractivity contribution in [2.24, 2.45) is 0 Å². The van der Waals surface area contributed by atoms with E-state index in [0.29, 0.717) is 13.0 Å². The highest BCUT2D eigenvalue weighted by molar-refractivity contribution is 9.10. The van der Waals surface area contributed by atoms with Gasteiger partial charge < -0.3 is 4.90 Å². The largest absolute Gasteiger partial charge is 0.340 e. The summed E-state index contributed by atoms with van der Waals surface area (Å²) >= 11 is 9.28. The molecule has 2 aromatic rings. The van der Waals surface area contributed by atoms with Crippen molar-refractivity contribution in [3.8, 4) is 0 Å². The van der Waals surface area contributed by atoms with Crippen LogP contribution in [-0.2, 0) is 17.9 Å². The highest BCUT2D eigenvalue weighted by Gasteiger charge is 2.20. The van der Waals surface area contributed by atoms with Crippen molar-refractivity contribution in [2.45, 2.75) is 19.5 Å². The van der Waals surface area contributed by atoms with Crippen LogP contribution in [0.5, 0.6) is 0 Å². The second kappa shape index (κ2) is 8.14. The molecule has 1 saturated heterocycles. The van der Waals surface area contributed by atoms with Crippen LogP contribution in [0, 0.1) is 0 Å². The third kappa shape index (κ3) is 4.82. The minimum absolute atomic E-state index is 0.202. The third-order valence-corrected chi connectivity index (χ3v) is 4.86. The van der Waals surface area contributed by atoms with Crippen LogP contribution in [0.1, 0.15) is 12.0 Å². The van der Waals surface area contributed by atoms with Gasteiger partial charge in [-0.1, -0.05) is 23.7 Å². The van der Waals surface area contributed by atoms with E-state index < -0.39 is 0 Å². The van der Waals surface area contributed by atoms with E-state index in [1.54, 1.807) is 10.9 Å². The molecule has 1 fully saturated rings. The molecule has 5 nitrogen and oxygen atoms in total. The molecule has 1 aromatic carbocycles. The number of aryl methyl sites for hydroxylation is 1. The van der Waals surface area contributed by atoms with Gasteiger partial charge in [0.15, 0.2) is 0 Å². The lowest BCUT2D eigenvalue weighted by atomic mass is 10.2. The van der Waals surface area contributed by atoms with Gasteiger partial charge in [-0.3, -0.25) is 14.4 Å². The van der Waals surface area contributed by atoms with Crippen molar-refractivity contribution < 1.29 is 4.79 Å². The van der Waals surface area contributed by atoms with Gasteiger partial charge in [0.2, 0.25) is 5.91 Å². The Labute approximate surface area is 155 Å². The summed E-state index contributed by atoms with van der Waals surface area (Å²) in [6.45, 7) is 4.91. The first-order valence-electron chi connectivity index (χ1n) is 8.03. The number of carbonyl (C=O) groups excluding carboxylic acids is 1. The van der Waals surface area contributed by atoms with Crippen molar-refractivity contribution in [1.29, 1.82) is 0 Å². The number of halogens is 2. The van der Waals surface area contributed by atoms with E-state index in [1.165, 1.54) is 5.56 Å². The normalized spacial score (nSPS) is 15.7. The number of rotatable bonds is 5. The minimum atomic E-state index is 0.202. The van der Waals surface area contributed by atoms with Crippen LogP contribution in [0.3, 0.4) is 0 Å². The second-order valence-corrected chi connectivity index (χ2v) is 7.31. The molecule has 128 valence electrons. The van der Waals surface area contributed by atoms with E-state index in [4.69, 9.17) is 11.6 Å². The number of piperazine rings is 1. The van der Waals surface area contributed by atoms with E-state index in [-0.39, 0.29) is 5.91 Å². The number of nitrogens with zero attached hydrogens (tertiary/aromatic N) is 4. The van der Waals surface area contributed by atoms with E-state index >= 15 is 0 Å². The van der Waals surface area contributed by atoms with E-state index in [9.17, 15) is 4.79 Å². The van der Waals surface area contributed by atoms with E-state index in [2.05, 4.69) is 38.1 Å². The van der Waals surface area contributed by atoms with Crippen molar-refractivity contribution in [1.82, 2.24) is 19.6 Å². The first kappa shape index (κ1) is 17.5. The molecule has 1 aliphatic heterocycles. The number of amides is 1. The van der Waals surface area contributed by atoms with Gasteiger partial charge in [-0.05, 0) is 33.6 Å². The summed E-state index contributed by atoms with van der Waals surface area (Å²) in [7, 11) is 0. The van der Waals surface area contributed by atoms with Crippen molar-refractivity contribution >= 4 is 33.4 Å². The fraction of sp³-hybridized carbons (Fsp3) is 0.412. The van der Waals surface area contributed by atoms with Crippen LogP contribution in [0.2, 0.25) is 5.02 Å². The van der Waals surface area contributed by atoms with E-state index in [1.807, 2.05) is 23.2 Å². The molecule has 0 saturated carbocycles. The number of aromatic nitrogens is 2. The average Bonchev–Trinajstić information content (AvgIpc) is 3.01. The zero-order chi connectivity index (χ0) is 16.9. The molecule has 24 heavy (non-hydrogen) atoms. The molecule has 1 amide bonds. The molecule has 1 aromatic heterocycles. The maximum atomic E-state index is 12.3. The zero-order valence-corrected chi connectivity index (χ0v) is 15.7. The van der Waals surface area contributed by atoms with Crippen LogP contribution in [0.15, 0.2) is 41.1 Å². The Morgan fingerprint density at radius 2 is 1.88 bits per heavy atom. The van der Waals surface area contributed by atoms with Gasteiger partial charge in [0.05, 0.1) is 10.7 Å². The first-order valence-corrected chi connectivity index (χ1v) is 9.20. The van der Waals surface area contributed by atoms with Crippen LogP contribution in [0.25, 0.3) is 0 Å². The third-order valence-electron chi connectivity index (χ3n) is 4.20. The highest BCUT2D eigenvalue weighted by Crippen LogP contribution is 2.13. The summed E-state index contributed by atoms with van der Waals surface area (Å²) in [5.41, 5.74) is 1.25. The van der Waals surface area contributed by atoms with E-state index in [0.717, 1.165) is 42.2 Å². The van der Waals surface area contributed by atoms with Crippen molar-refractivity contribution in [2.75, 3.05) is 26.2 Å². The Morgan fingerprint density at radius 1 is 1.17 bits per heavy atom. The molecular formula is C17H20BrClN4O. The summed E-state index contributed by atoms with van der Waals surface area (Å²) in [4.78, 5) is 16.6. The molecule has 0 atom stereocenters. The quantitative estimate of drug-likeness (QED) is 0.759. The van der Waals surface area contributed by atoms with Gasteiger partial charge in [0.1, 0.15) is 0 Å². The highest BCUT2D eigenvalue weighted by atomic mass is 79.9. The zero-order valence-electron chi connectivity index (χ0n) is 13.4. The Bertz CT molecular complexity index is 680. The van der Waals surface area contributed by atoms with Gasteiger partial charge >= 0.3 is 0 Å². The molecule has 0 radical (unpaired) electrons. The number of hydrogen-bond donors (Lipinski definition) is 0. The fourth-order valence-electron chi connectivity index (χ4n) is 2.83. The Morgan fingerprint density at radius 3 is 2.50 bits per heavy atom. The summed E-state index contributed by atoms with van der Waals surface area (Å²) in [5, 5.41) is 4.94. The molecule has 0 bridgehead atoms. The van der Waals surface area contributed by atoms with Gasteiger partial charge in [-0.15, -0.1) is 0 Å². The molecule has 0 aliphatic carbocycles. The molecule has 7 heteroatoms. The smallest absolute Gasteiger partial charge is 0.224 e. The lowest BCUT2D eigenvalue weighted by molar-refractivity contribution is -0.133. The standard InChI is InChI=1S/C17H20BrClN4O/c18-15-11-20-23(13-15)6-5-17(24)22-9-7-21(8-10-22)12-14-1-3-16(19)4-2-14/h1-4,11,13H,5-10,12H2. The number of benzene rings is 1. The molecule has 0 unspecified atom stereocenters. The molecule has 2 heterocycles. The average molecular weight is 412 g/mol. The lowest BCUT2D eigenvalue weighted by Crippen LogP contribution is -2.48. The molecule has 3 rings (SSSR count). The molecule has 0 N–H and O–H groups in total. The predicted molar refractivity (Wildman–Crippen MR) is 97.9 cm³/mol.